The molecule has 2 aliphatic rings. The van der Waals surface area contributed by atoms with Gasteiger partial charge in [0.05, 0.1) is 0 Å². The van der Waals surface area contributed by atoms with Crippen LogP contribution in [0.4, 0.5) is 16.2 Å². The van der Waals surface area contributed by atoms with Crippen LogP contribution in [0.5, 0.6) is 0 Å². The van der Waals surface area contributed by atoms with E-state index in [-0.39, 0.29) is 6.09 Å². The fraction of sp³-hybridized carbons (Fsp3) is 0.682. The molecule has 1 aromatic rings. The Balaban J connectivity index is 1.63. The van der Waals surface area contributed by atoms with E-state index in [1.54, 1.807) is 0 Å². The summed E-state index contributed by atoms with van der Waals surface area (Å²) in [5, 5.41) is 0. The lowest BCUT2D eigenvalue weighted by Crippen LogP contribution is -2.39. The van der Waals surface area contributed by atoms with E-state index in [0.29, 0.717) is 12.5 Å². The normalized spacial score (nSPS) is 21.8. The van der Waals surface area contributed by atoms with Gasteiger partial charge in [0.2, 0.25) is 0 Å². The van der Waals surface area contributed by atoms with Crippen molar-refractivity contribution in [3.8, 4) is 0 Å². The third-order valence-corrected chi connectivity index (χ3v) is 5.29. The number of piperidine rings is 1. The molecule has 2 aliphatic heterocycles. The van der Waals surface area contributed by atoms with Gasteiger partial charge in [0.25, 0.3) is 0 Å². The molecule has 3 rings (SSSR count). The molecule has 2 heterocycles. The van der Waals surface area contributed by atoms with Gasteiger partial charge in [-0.25, -0.2) is 4.79 Å². The lowest BCUT2D eigenvalue weighted by molar-refractivity contribution is 0.0245. The molecule has 27 heavy (non-hydrogen) atoms. The predicted octanol–water partition coefficient (Wildman–Crippen LogP) is 4.37. The fourth-order valence-corrected chi connectivity index (χ4v) is 3.99. The summed E-state index contributed by atoms with van der Waals surface area (Å²) in [7, 11) is 0. The minimum Gasteiger partial charge on any atom is -0.444 e. The fourth-order valence-electron chi connectivity index (χ4n) is 3.99. The third-order valence-electron chi connectivity index (χ3n) is 5.29. The highest BCUT2D eigenvalue weighted by Crippen LogP contribution is 2.25. The molecular weight excluding hydrogens is 338 g/mol. The Labute approximate surface area is 164 Å². The molecule has 0 bridgehead atoms. The largest absolute Gasteiger partial charge is 0.444 e. The number of carbonyl (C=O) groups excluding carboxylic acids is 1. The molecule has 0 spiro atoms. The Morgan fingerprint density at radius 2 is 1.48 bits per heavy atom. The van der Waals surface area contributed by atoms with Gasteiger partial charge >= 0.3 is 6.09 Å². The number of carbonyl (C=O) groups is 1. The molecule has 0 radical (unpaired) electrons. The molecule has 0 N–H and O–H groups in total. The third kappa shape index (κ3) is 5.53. The summed E-state index contributed by atoms with van der Waals surface area (Å²) < 4.78 is 5.57. The van der Waals surface area contributed by atoms with E-state index < -0.39 is 5.60 Å². The maximum absolute atomic E-state index is 12.5. The highest BCUT2D eigenvalue weighted by atomic mass is 16.6. The molecule has 150 valence electrons. The standard InChI is InChI=1S/C22H35N3O2/c1-18-16-24(14-15-25(17-18)21(26)27-22(2,3)4)20-10-8-19(9-11-20)23-12-6-5-7-13-23/h8-11,18H,5-7,12-17H2,1-4H3/t18-/m0/s1. The molecule has 0 aliphatic carbocycles. The quantitative estimate of drug-likeness (QED) is 0.771. The van der Waals surface area contributed by atoms with Crippen LogP contribution < -0.4 is 9.80 Å². The van der Waals surface area contributed by atoms with Gasteiger partial charge in [-0.2, -0.15) is 0 Å². The summed E-state index contributed by atoms with van der Waals surface area (Å²) in [6.45, 7) is 13.6. The van der Waals surface area contributed by atoms with Gasteiger partial charge < -0.3 is 19.4 Å². The predicted molar refractivity (Wildman–Crippen MR) is 112 cm³/mol. The summed E-state index contributed by atoms with van der Waals surface area (Å²) in [6, 6.07) is 8.98. The minimum atomic E-state index is -0.448. The topological polar surface area (TPSA) is 36.0 Å². The molecular formula is C22H35N3O2. The number of rotatable bonds is 2. The lowest BCUT2D eigenvalue weighted by atomic mass is 10.1. The van der Waals surface area contributed by atoms with Gasteiger partial charge in [0, 0.05) is 50.6 Å². The molecule has 2 saturated heterocycles. The van der Waals surface area contributed by atoms with Crippen LogP contribution in [0.2, 0.25) is 0 Å². The van der Waals surface area contributed by atoms with Gasteiger partial charge in [-0.05, 0) is 70.2 Å². The van der Waals surface area contributed by atoms with E-state index in [1.165, 1.54) is 43.7 Å². The van der Waals surface area contributed by atoms with Crippen molar-refractivity contribution in [1.29, 1.82) is 0 Å². The zero-order chi connectivity index (χ0) is 19.4. The van der Waals surface area contributed by atoms with Crippen molar-refractivity contribution in [1.82, 2.24) is 4.90 Å². The second-order valence-corrected chi connectivity index (χ2v) is 9.04. The minimum absolute atomic E-state index is 0.198. The maximum atomic E-state index is 12.5. The summed E-state index contributed by atoms with van der Waals surface area (Å²) in [5.74, 6) is 0.404. The average Bonchev–Trinajstić information content (AvgIpc) is 2.83. The molecule has 1 atom stereocenters. The Kier molecular flexibility index (Phi) is 6.18. The molecule has 1 aromatic carbocycles. The van der Waals surface area contributed by atoms with Crippen LogP contribution in [0.1, 0.15) is 47.0 Å². The lowest BCUT2D eigenvalue weighted by Gasteiger charge is -2.30. The van der Waals surface area contributed by atoms with Gasteiger partial charge in [0.1, 0.15) is 5.60 Å². The summed E-state index contributed by atoms with van der Waals surface area (Å²) in [4.78, 5) is 19.2. The van der Waals surface area contributed by atoms with Gasteiger partial charge in [-0.3, -0.25) is 0 Å². The van der Waals surface area contributed by atoms with Crippen LogP contribution >= 0.6 is 0 Å². The molecule has 5 nitrogen and oxygen atoms in total. The molecule has 2 fully saturated rings. The molecule has 1 amide bonds. The SMILES string of the molecule is C[C@@H]1CN(C(=O)OC(C)(C)C)CCN(c2ccc(N3CCCCC3)cc2)C1. The van der Waals surface area contributed by atoms with E-state index in [1.807, 2.05) is 25.7 Å². The Bertz CT molecular complexity index is 617. The van der Waals surface area contributed by atoms with Crippen molar-refractivity contribution < 1.29 is 9.53 Å². The van der Waals surface area contributed by atoms with Crippen LogP contribution in [-0.4, -0.2) is 55.9 Å². The van der Waals surface area contributed by atoms with E-state index in [4.69, 9.17) is 4.74 Å². The number of hydrogen-bond acceptors (Lipinski definition) is 4. The number of amides is 1. The first-order chi connectivity index (χ1) is 12.8. The highest BCUT2D eigenvalue weighted by molar-refractivity contribution is 5.68. The van der Waals surface area contributed by atoms with E-state index in [0.717, 1.165) is 19.6 Å². The Morgan fingerprint density at radius 1 is 0.889 bits per heavy atom. The first kappa shape index (κ1) is 19.8. The zero-order valence-corrected chi connectivity index (χ0v) is 17.4. The maximum Gasteiger partial charge on any atom is 0.410 e. The number of nitrogens with zero attached hydrogens (tertiary/aromatic N) is 3. The monoisotopic (exact) mass is 373 g/mol. The van der Waals surface area contributed by atoms with Crippen molar-refractivity contribution in [2.45, 2.75) is 52.6 Å². The number of anilines is 2. The summed E-state index contributed by atoms with van der Waals surface area (Å²) in [5.41, 5.74) is 2.13. The number of benzene rings is 1. The van der Waals surface area contributed by atoms with Gasteiger partial charge in [0.15, 0.2) is 0 Å². The number of ether oxygens (including phenoxy) is 1. The van der Waals surface area contributed by atoms with Crippen LogP contribution in [0.15, 0.2) is 24.3 Å². The molecule has 0 saturated carbocycles. The van der Waals surface area contributed by atoms with Crippen LogP contribution in [0, 0.1) is 5.92 Å². The Hall–Kier alpha value is -1.91. The summed E-state index contributed by atoms with van der Waals surface area (Å²) >= 11 is 0. The smallest absolute Gasteiger partial charge is 0.410 e. The summed E-state index contributed by atoms with van der Waals surface area (Å²) in [6.07, 6.45) is 3.75. The first-order valence-corrected chi connectivity index (χ1v) is 10.4. The van der Waals surface area contributed by atoms with Crippen LogP contribution in [0.25, 0.3) is 0 Å². The van der Waals surface area contributed by atoms with E-state index in [2.05, 4.69) is 41.0 Å². The van der Waals surface area contributed by atoms with Crippen molar-refractivity contribution in [3.63, 3.8) is 0 Å². The second-order valence-electron chi connectivity index (χ2n) is 9.04. The van der Waals surface area contributed by atoms with Crippen molar-refractivity contribution in [3.05, 3.63) is 24.3 Å². The Morgan fingerprint density at radius 3 is 2.07 bits per heavy atom. The highest BCUT2D eigenvalue weighted by Gasteiger charge is 2.27. The first-order valence-electron chi connectivity index (χ1n) is 10.4. The molecule has 0 aromatic heterocycles. The van der Waals surface area contributed by atoms with E-state index >= 15 is 0 Å². The van der Waals surface area contributed by atoms with Crippen molar-refractivity contribution in [2.24, 2.45) is 5.92 Å². The van der Waals surface area contributed by atoms with Crippen LogP contribution in [0.3, 0.4) is 0 Å². The van der Waals surface area contributed by atoms with Crippen LogP contribution in [-0.2, 0) is 4.74 Å². The van der Waals surface area contributed by atoms with Gasteiger partial charge in [-0.15, -0.1) is 0 Å². The number of hydrogen-bond donors (Lipinski definition) is 0. The zero-order valence-electron chi connectivity index (χ0n) is 17.4. The second kappa shape index (κ2) is 8.41. The molecule has 0 unspecified atom stereocenters. The van der Waals surface area contributed by atoms with E-state index in [9.17, 15) is 4.79 Å². The average molecular weight is 374 g/mol. The molecule has 5 heteroatoms. The van der Waals surface area contributed by atoms with Crippen molar-refractivity contribution >= 4 is 17.5 Å². The van der Waals surface area contributed by atoms with Crippen molar-refractivity contribution in [2.75, 3.05) is 49.1 Å². The van der Waals surface area contributed by atoms with Gasteiger partial charge in [-0.1, -0.05) is 6.92 Å².